The van der Waals surface area contributed by atoms with Gasteiger partial charge in [0.1, 0.15) is 11.9 Å². The van der Waals surface area contributed by atoms with Gasteiger partial charge in [-0.05, 0) is 48.6 Å². The second-order valence-electron chi connectivity index (χ2n) is 7.83. The highest BCUT2D eigenvalue weighted by Gasteiger charge is 2.30. The van der Waals surface area contributed by atoms with Crippen molar-refractivity contribution >= 4 is 23.4 Å². The summed E-state index contributed by atoms with van der Waals surface area (Å²) in [6.45, 7) is 2.16. The van der Waals surface area contributed by atoms with E-state index in [0.29, 0.717) is 17.0 Å². The Morgan fingerprint density at radius 3 is 2.43 bits per heavy atom. The predicted octanol–water partition coefficient (Wildman–Crippen LogP) is 4.89. The van der Waals surface area contributed by atoms with Gasteiger partial charge in [0.25, 0.3) is 0 Å². The van der Waals surface area contributed by atoms with E-state index in [1.807, 2.05) is 19.1 Å². The molecule has 0 bridgehead atoms. The molecule has 2 amide bonds. The summed E-state index contributed by atoms with van der Waals surface area (Å²) >= 11 is 5.98. The van der Waals surface area contributed by atoms with Gasteiger partial charge in [0.15, 0.2) is 0 Å². The Balaban J connectivity index is 1.82. The Morgan fingerprint density at radius 1 is 1.13 bits per heavy atom. The molecule has 3 rings (SSSR count). The molecule has 1 N–H and O–H groups in total. The molecule has 30 heavy (non-hydrogen) atoms. The maximum atomic E-state index is 14.1. The molecule has 1 saturated carbocycles. The lowest BCUT2D eigenvalue weighted by Gasteiger charge is -2.31. The van der Waals surface area contributed by atoms with Gasteiger partial charge in [0.05, 0.1) is 6.42 Å². The molecule has 2 aromatic rings. The first-order chi connectivity index (χ1) is 14.5. The van der Waals surface area contributed by atoms with Gasteiger partial charge in [-0.3, -0.25) is 9.59 Å². The number of hydrogen-bond acceptors (Lipinski definition) is 2. The fraction of sp³-hybridized carbons (Fsp3) is 0.417. The van der Waals surface area contributed by atoms with E-state index in [4.69, 9.17) is 11.6 Å². The third-order valence-corrected chi connectivity index (χ3v) is 5.91. The third-order valence-electron chi connectivity index (χ3n) is 5.65. The second-order valence-corrected chi connectivity index (χ2v) is 8.27. The van der Waals surface area contributed by atoms with Gasteiger partial charge >= 0.3 is 0 Å². The predicted molar refractivity (Wildman–Crippen MR) is 117 cm³/mol. The van der Waals surface area contributed by atoms with Gasteiger partial charge in [-0.2, -0.15) is 0 Å². The zero-order valence-corrected chi connectivity index (χ0v) is 18.0. The van der Waals surface area contributed by atoms with Crippen LogP contribution in [0.25, 0.3) is 0 Å². The Bertz CT molecular complexity index is 866. The first kappa shape index (κ1) is 22.3. The van der Waals surface area contributed by atoms with Crippen molar-refractivity contribution in [1.29, 1.82) is 0 Å². The number of nitrogens with one attached hydrogen (secondary N) is 1. The van der Waals surface area contributed by atoms with Crippen molar-refractivity contribution < 1.29 is 14.0 Å². The molecule has 1 atom stereocenters. The Morgan fingerprint density at radius 2 is 1.80 bits per heavy atom. The van der Waals surface area contributed by atoms with Crippen molar-refractivity contribution in [3.63, 3.8) is 0 Å². The van der Waals surface area contributed by atoms with Crippen LogP contribution < -0.4 is 5.32 Å². The molecule has 2 aromatic carbocycles. The van der Waals surface area contributed by atoms with Gasteiger partial charge in [-0.25, -0.2) is 4.39 Å². The van der Waals surface area contributed by atoms with Gasteiger partial charge in [-0.15, -0.1) is 0 Å². The number of carbonyl (C=O) groups excluding carboxylic acids is 2. The number of nitrogens with zero attached hydrogens (tertiary/aromatic N) is 1. The van der Waals surface area contributed by atoms with Crippen LogP contribution in [0.5, 0.6) is 0 Å². The lowest BCUT2D eigenvalue weighted by molar-refractivity contribution is -0.141. The second kappa shape index (κ2) is 10.6. The van der Waals surface area contributed by atoms with Crippen LogP contribution >= 0.6 is 11.6 Å². The van der Waals surface area contributed by atoms with E-state index in [2.05, 4.69) is 5.32 Å². The third kappa shape index (κ3) is 5.82. The van der Waals surface area contributed by atoms with E-state index >= 15 is 0 Å². The zero-order valence-electron chi connectivity index (χ0n) is 17.2. The van der Waals surface area contributed by atoms with Crippen molar-refractivity contribution in [3.8, 4) is 0 Å². The van der Waals surface area contributed by atoms with Crippen molar-refractivity contribution in [1.82, 2.24) is 10.2 Å². The highest BCUT2D eigenvalue weighted by Crippen LogP contribution is 2.20. The molecule has 0 aromatic heterocycles. The fourth-order valence-corrected chi connectivity index (χ4v) is 4.11. The molecule has 160 valence electrons. The first-order valence-electron chi connectivity index (χ1n) is 10.6. The smallest absolute Gasteiger partial charge is 0.243 e. The Kier molecular flexibility index (Phi) is 7.86. The quantitative estimate of drug-likeness (QED) is 0.648. The fourth-order valence-electron chi connectivity index (χ4n) is 3.98. The van der Waals surface area contributed by atoms with E-state index in [9.17, 15) is 14.0 Å². The number of hydrogen-bond donors (Lipinski definition) is 1. The summed E-state index contributed by atoms with van der Waals surface area (Å²) in [5, 5.41) is 3.71. The molecule has 0 aliphatic heterocycles. The minimum Gasteiger partial charge on any atom is -0.352 e. The van der Waals surface area contributed by atoms with Gasteiger partial charge in [0.2, 0.25) is 11.8 Å². The summed E-state index contributed by atoms with van der Waals surface area (Å²) in [6, 6.07) is 13.0. The van der Waals surface area contributed by atoms with Gasteiger partial charge in [-0.1, -0.05) is 61.7 Å². The number of halogens is 2. The highest BCUT2D eigenvalue weighted by atomic mass is 35.5. The molecule has 1 aliphatic rings. The van der Waals surface area contributed by atoms with Crippen LogP contribution in [0.3, 0.4) is 0 Å². The number of amides is 2. The first-order valence-corrected chi connectivity index (χ1v) is 10.9. The topological polar surface area (TPSA) is 49.4 Å². The monoisotopic (exact) mass is 430 g/mol. The van der Waals surface area contributed by atoms with E-state index in [0.717, 1.165) is 31.2 Å². The van der Waals surface area contributed by atoms with Crippen LogP contribution in [0.4, 0.5) is 4.39 Å². The summed E-state index contributed by atoms with van der Waals surface area (Å²) in [5.41, 5.74) is 1.20. The Labute approximate surface area is 182 Å². The molecule has 6 heteroatoms. The van der Waals surface area contributed by atoms with E-state index < -0.39 is 11.9 Å². The van der Waals surface area contributed by atoms with Crippen molar-refractivity contribution in [3.05, 3.63) is 70.5 Å². The summed E-state index contributed by atoms with van der Waals surface area (Å²) < 4.78 is 14.1. The standard InChI is InChI=1S/C24H28ClFN2O2/c1-2-22(24(30)27-20-8-4-5-9-20)28(16-17-11-13-19(25)14-12-17)23(29)15-18-7-3-6-10-21(18)26/h3,6-7,10-14,20,22H,2,4-5,8-9,15-16H2,1H3,(H,27,30). The molecule has 0 radical (unpaired) electrons. The van der Waals surface area contributed by atoms with Crippen molar-refractivity contribution in [2.75, 3.05) is 0 Å². The molecule has 4 nitrogen and oxygen atoms in total. The van der Waals surface area contributed by atoms with Gasteiger partial charge in [0, 0.05) is 17.6 Å². The normalized spacial score (nSPS) is 15.0. The summed E-state index contributed by atoms with van der Waals surface area (Å²) in [6.07, 6.45) is 4.57. The maximum absolute atomic E-state index is 14.1. The van der Waals surface area contributed by atoms with Gasteiger partial charge < -0.3 is 10.2 Å². The summed E-state index contributed by atoms with van der Waals surface area (Å²) in [7, 11) is 0. The minimum atomic E-state index is -0.611. The molecule has 1 unspecified atom stereocenters. The summed E-state index contributed by atoms with van der Waals surface area (Å²) in [5.74, 6) is -0.829. The van der Waals surface area contributed by atoms with Crippen LogP contribution in [0, 0.1) is 5.82 Å². The lowest BCUT2D eigenvalue weighted by atomic mass is 10.1. The van der Waals surface area contributed by atoms with E-state index in [-0.39, 0.29) is 30.8 Å². The molecule has 0 spiro atoms. The highest BCUT2D eigenvalue weighted by molar-refractivity contribution is 6.30. The SMILES string of the molecule is CCC(C(=O)NC1CCCC1)N(Cc1ccc(Cl)cc1)C(=O)Cc1ccccc1F. The minimum absolute atomic E-state index is 0.0898. The van der Waals surface area contributed by atoms with Crippen molar-refractivity contribution in [2.45, 2.75) is 64.1 Å². The number of carbonyl (C=O) groups is 2. The van der Waals surface area contributed by atoms with E-state index in [1.165, 1.54) is 6.07 Å². The number of benzene rings is 2. The maximum Gasteiger partial charge on any atom is 0.243 e. The van der Waals surface area contributed by atoms with Crippen molar-refractivity contribution in [2.24, 2.45) is 0 Å². The lowest BCUT2D eigenvalue weighted by Crippen LogP contribution is -2.51. The van der Waals surface area contributed by atoms with Crippen LogP contribution in [0.15, 0.2) is 48.5 Å². The van der Waals surface area contributed by atoms with Crippen LogP contribution in [0.1, 0.15) is 50.2 Å². The molecule has 0 saturated heterocycles. The van der Waals surface area contributed by atoms with Crippen LogP contribution in [-0.2, 0) is 22.6 Å². The molecule has 1 aliphatic carbocycles. The summed E-state index contributed by atoms with van der Waals surface area (Å²) in [4.78, 5) is 27.8. The molecule has 1 fully saturated rings. The molecule has 0 heterocycles. The number of rotatable bonds is 8. The average molecular weight is 431 g/mol. The average Bonchev–Trinajstić information content (AvgIpc) is 3.24. The largest absolute Gasteiger partial charge is 0.352 e. The zero-order chi connectivity index (χ0) is 21.5. The molecular formula is C24H28ClFN2O2. The molecular weight excluding hydrogens is 403 g/mol. The van der Waals surface area contributed by atoms with Crippen LogP contribution in [0.2, 0.25) is 5.02 Å². The van der Waals surface area contributed by atoms with E-state index in [1.54, 1.807) is 35.2 Å². The van der Waals surface area contributed by atoms with Crippen LogP contribution in [-0.4, -0.2) is 28.8 Å². The Hall–Kier alpha value is -2.40.